The van der Waals surface area contributed by atoms with Gasteiger partial charge in [0.05, 0.1) is 19.3 Å². The summed E-state index contributed by atoms with van der Waals surface area (Å²) in [6, 6.07) is 0.296. The van der Waals surface area contributed by atoms with Gasteiger partial charge in [-0.15, -0.1) is 0 Å². The highest BCUT2D eigenvalue weighted by Crippen LogP contribution is 2.18. The molecule has 1 saturated carbocycles. The van der Waals surface area contributed by atoms with E-state index in [1.54, 1.807) is 6.92 Å². The Morgan fingerprint density at radius 2 is 2.33 bits per heavy atom. The Morgan fingerprint density at radius 3 is 2.83 bits per heavy atom. The van der Waals surface area contributed by atoms with E-state index in [2.05, 4.69) is 5.32 Å². The highest BCUT2D eigenvalue weighted by molar-refractivity contribution is 5.71. The van der Waals surface area contributed by atoms with Crippen LogP contribution in [0.25, 0.3) is 0 Å². The second-order valence-electron chi connectivity index (χ2n) is 3.01. The highest BCUT2D eigenvalue weighted by atomic mass is 16.5. The molecule has 0 amide bonds. The fourth-order valence-corrected chi connectivity index (χ4v) is 1.19. The summed E-state index contributed by atoms with van der Waals surface area (Å²) >= 11 is 0. The van der Waals surface area contributed by atoms with E-state index in [1.807, 2.05) is 0 Å². The number of carbonyl (C=O) groups is 1. The zero-order valence-electron chi connectivity index (χ0n) is 7.25. The third-order valence-electron chi connectivity index (χ3n) is 1.95. The number of esters is 1. The number of nitrogens with one attached hydrogen (secondary N) is 1. The van der Waals surface area contributed by atoms with Gasteiger partial charge in [0.2, 0.25) is 0 Å². The molecule has 1 fully saturated rings. The molecular formula is C8H15NO3. The summed E-state index contributed by atoms with van der Waals surface area (Å²) in [6.07, 6.45) is 1.32. The first-order chi connectivity index (χ1) is 5.72. The van der Waals surface area contributed by atoms with Crippen LogP contribution in [-0.2, 0) is 9.53 Å². The largest absolute Gasteiger partial charge is 0.465 e. The Morgan fingerprint density at radius 1 is 1.67 bits per heavy atom. The SMILES string of the molecule is CCOC(=O)CNC1CC(O)C1. The van der Waals surface area contributed by atoms with Gasteiger partial charge in [0.1, 0.15) is 0 Å². The molecule has 0 aromatic heterocycles. The summed E-state index contributed by atoms with van der Waals surface area (Å²) in [4.78, 5) is 10.8. The molecule has 2 N–H and O–H groups in total. The zero-order valence-corrected chi connectivity index (χ0v) is 7.25. The van der Waals surface area contributed by atoms with Crippen LogP contribution in [0.4, 0.5) is 0 Å². The van der Waals surface area contributed by atoms with E-state index in [1.165, 1.54) is 0 Å². The van der Waals surface area contributed by atoms with E-state index in [9.17, 15) is 4.79 Å². The minimum Gasteiger partial charge on any atom is -0.465 e. The molecule has 1 aliphatic carbocycles. The van der Waals surface area contributed by atoms with Gasteiger partial charge in [0.25, 0.3) is 0 Å². The summed E-state index contributed by atoms with van der Waals surface area (Å²) in [5, 5.41) is 11.9. The first kappa shape index (κ1) is 9.48. The van der Waals surface area contributed by atoms with E-state index in [0.717, 1.165) is 12.8 Å². The lowest BCUT2D eigenvalue weighted by Gasteiger charge is -2.31. The van der Waals surface area contributed by atoms with Gasteiger partial charge in [0.15, 0.2) is 0 Å². The topological polar surface area (TPSA) is 58.6 Å². The first-order valence-corrected chi connectivity index (χ1v) is 4.29. The normalized spacial score (nSPS) is 27.8. The van der Waals surface area contributed by atoms with Crippen molar-refractivity contribution in [3.05, 3.63) is 0 Å². The van der Waals surface area contributed by atoms with Crippen molar-refractivity contribution in [1.29, 1.82) is 0 Å². The Hall–Kier alpha value is -0.610. The van der Waals surface area contributed by atoms with E-state index in [4.69, 9.17) is 9.84 Å². The van der Waals surface area contributed by atoms with Crippen molar-refractivity contribution in [2.75, 3.05) is 13.2 Å². The number of ether oxygens (including phenoxy) is 1. The summed E-state index contributed by atoms with van der Waals surface area (Å²) < 4.78 is 4.72. The molecule has 4 nitrogen and oxygen atoms in total. The molecule has 12 heavy (non-hydrogen) atoms. The molecule has 0 heterocycles. The van der Waals surface area contributed by atoms with Crippen molar-refractivity contribution in [2.24, 2.45) is 0 Å². The monoisotopic (exact) mass is 173 g/mol. The lowest BCUT2D eigenvalue weighted by molar-refractivity contribution is -0.142. The van der Waals surface area contributed by atoms with Crippen molar-refractivity contribution in [1.82, 2.24) is 5.32 Å². The summed E-state index contributed by atoms with van der Waals surface area (Å²) in [7, 11) is 0. The highest BCUT2D eigenvalue weighted by Gasteiger charge is 2.26. The molecule has 0 aromatic rings. The van der Waals surface area contributed by atoms with Crippen LogP contribution in [0, 0.1) is 0 Å². The molecule has 0 unspecified atom stereocenters. The second-order valence-corrected chi connectivity index (χ2v) is 3.01. The lowest BCUT2D eigenvalue weighted by atomic mass is 9.90. The van der Waals surface area contributed by atoms with Gasteiger partial charge < -0.3 is 15.2 Å². The van der Waals surface area contributed by atoms with Crippen molar-refractivity contribution in [3.8, 4) is 0 Å². The molecular weight excluding hydrogens is 158 g/mol. The minimum atomic E-state index is -0.223. The maximum atomic E-state index is 10.8. The van der Waals surface area contributed by atoms with Crippen LogP contribution in [-0.4, -0.2) is 36.4 Å². The Bertz CT molecular complexity index is 154. The fourth-order valence-electron chi connectivity index (χ4n) is 1.19. The molecule has 0 atom stereocenters. The Balaban J connectivity index is 1.98. The van der Waals surface area contributed by atoms with Crippen LogP contribution in [0.15, 0.2) is 0 Å². The molecule has 0 spiro atoms. The molecule has 4 heteroatoms. The van der Waals surface area contributed by atoms with E-state index >= 15 is 0 Å². The molecule has 0 saturated heterocycles. The first-order valence-electron chi connectivity index (χ1n) is 4.29. The average Bonchev–Trinajstić information content (AvgIpc) is 1.96. The fraction of sp³-hybridized carbons (Fsp3) is 0.875. The molecule has 0 aromatic carbocycles. The second kappa shape index (κ2) is 4.42. The Labute approximate surface area is 71.9 Å². The standard InChI is InChI=1S/C8H15NO3/c1-2-12-8(11)5-9-6-3-7(10)4-6/h6-7,9-10H,2-5H2,1H3. The number of aliphatic hydroxyl groups is 1. The van der Waals surface area contributed by atoms with Gasteiger partial charge in [-0.1, -0.05) is 0 Å². The van der Waals surface area contributed by atoms with Gasteiger partial charge in [-0.05, 0) is 19.8 Å². The van der Waals surface area contributed by atoms with Gasteiger partial charge >= 0.3 is 5.97 Å². The van der Waals surface area contributed by atoms with Crippen LogP contribution in [0.5, 0.6) is 0 Å². The number of hydrogen-bond donors (Lipinski definition) is 2. The van der Waals surface area contributed by atoms with Crippen LogP contribution in [0.2, 0.25) is 0 Å². The zero-order chi connectivity index (χ0) is 8.97. The van der Waals surface area contributed by atoms with Gasteiger partial charge in [-0.2, -0.15) is 0 Å². The number of carbonyl (C=O) groups excluding carboxylic acids is 1. The number of hydrogen-bond acceptors (Lipinski definition) is 4. The summed E-state index contributed by atoms with van der Waals surface area (Å²) in [5.74, 6) is -0.223. The summed E-state index contributed by atoms with van der Waals surface area (Å²) in [6.45, 7) is 2.46. The molecule has 1 rings (SSSR count). The van der Waals surface area contributed by atoms with E-state index < -0.39 is 0 Å². The van der Waals surface area contributed by atoms with Crippen LogP contribution in [0.1, 0.15) is 19.8 Å². The quantitative estimate of drug-likeness (QED) is 0.571. The van der Waals surface area contributed by atoms with Crippen molar-refractivity contribution in [2.45, 2.75) is 31.9 Å². The maximum Gasteiger partial charge on any atom is 0.319 e. The number of aliphatic hydroxyl groups excluding tert-OH is 1. The van der Waals surface area contributed by atoms with Gasteiger partial charge in [-0.25, -0.2) is 0 Å². The van der Waals surface area contributed by atoms with Crippen molar-refractivity contribution in [3.63, 3.8) is 0 Å². The molecule has 0 bridgehead atoms. The molecule has 0 radical (unpaired) electrons. The third-order valence-corrected chi connectivity index (χ3v) is 1.95. The van der Waals surface area contributed by atoms with Crippen LogP contribution >= 0.6 is 0 Å². The molecule has 0 aliphatic heterocycles. The van der Waals surface area contributed by atoms with E-state index in [-0.39, 0.29) is 18.6 Å². The van der Waals surface area contributed by atoms with Crippen molar-refractivity contribution >= 4 is 5.97 Å². The van der Waals surface area contributed by atoms with Crippen LogP contribution < -0.4 is 5.32 Å². The van der Waals surface area contributed by atoms with Gasteiger partial charge in [-0.3, -0.25) is 4.79 Å². The van der Waals surface area contributed by atoms with E-state index in [0.29, 0.717) is 12.6 Å². The van der Waals surface area contributed by atoms with Gasteiger partial charge in [0, 0.05) is 6.04 Å². The minimum absolute atomic E-state index is 0.176. The van der Waals surface area contributed by atoms with Crippen LogP contribution in [0.3, 0.4) is 0 Å². The molecule has 1 aliphatic rings. The number of rotatable bonds is 4. The summed E-state index contributed by atoms with van der Waals surface area (Å²) in [5.41, 5.74) is 0. The smallest absolute Gasteiger partial charge is 0.319 e. The average molecular weight is 173 g/mol. The maximum absolute atomic E-state index is 10.8. The lowest BCUT2D eigenvalue weighted by Crippen LogP contribution is -2.46. The molecule has 70 valence electrons. The predicted molar refractivity (Wildman–Crippen MR) is 43.7 cm³/mol. The Kier molecular flexibility index (Phi) is 3.49. The predicted octanol–water partition coefficient (Wildman–Crippen LogP) is -0.338. The van der Waals surface area contributed by atoms with Crippen molar-refractivity contribution < 1.29 is 14.6 Å². The third kappa shape index (κ3) is 2.79.